The molecule has 1 aliphatic carbocycles. The molecule has 0 saturated heterocycles. The van der Waals surface area contributed by atoms with Crippen molar-refractivity contribution in [3.8, 4) is 0 Å². The van der Waals surface area contributed by atoms with Gasteiger partial charge in [0.25, 0.3) is 0 Å². The molecule has 1 fully saturated rings. The van der Waals surface area contributed by atoms with Crippen molar-refractivity contribution in [3.05, 3.63) is 17.0 Å². The number of nitrogens with one attached hydrogen (secondary N) is 1. The van der Waals surface area contributed by atoms with Crippen LogP contribution < -0.4 is 0 Å². The van der Waals surface area contributed by atoms with Gasteiger partial charge in [0.1, 0.15) is 0 Å². The summed E-state index contributed by atoms with van der Waals surface area (Å²) >= 11 is 0. The van der Waals surface area contributed by atoms with Gasteiger partial charge in [-0.15, -0.1) is 0 Å². The van der Waals surface area contributed by atoms with Gasteiger partial charge in [0.05, 0.1) is 5.69 Å². The Morgan fingerprint density at radius 1 is 1.29 bits per heavy atom. The molecule has 0 aromatic carbocycles. The molecule has 1 heterocycles. The number of hydrogen-bond acceptors (Lipinski definition) is 1. The normalized spacial score (nSPS) is 18.3. The topological polar surface area (TPSA) is 28.7 Å². The third kappa shape index (κ3) is 1.58. The van der Waals surface area contributed by atoms with Gasteiger partial charge >= 0.3 is 0 Å². The number of rotatable bonds is 2. The summed E-state index contributed by atoms with van der Waals surface area (Å²) in [5.41, 5.74) is 4.12. The van der Waals surface area contributed by atoms with Crippen molar-refractivity contribution in [2.24, 2.45) is 0 Å². The van der Waals surface area contributed by atoms with E-state index in [9.17, 15) is 0 Å². The molecule has 0 bridgehead atoms. The van der Waals surface area contributed by atoms with Gasteiger partial charge in [0.2, 0.25) is 0 Å². The first kappa shape index (κ1) is 9.75. The highest BCUT2D eigenvalue weighted by Gasteiger charge is 2.24. The maximum absolute atomic E-state index is 4.43. The molecule has 78 valence electrons. The number of hydrogen-bond donors (Lipinski definition) is 1. The molecule has 0 radical (unpaired) electrons. The summed E-state index contributed by atoms with van der Waals surface area (Å²) in [7, 11) is 0. The van der Waals surface area contributed by atoms with E-state index in [1.54, 1.807) is 0 Å². The van der Waals surface area contributed by atoms with E-state index in [0.29, 0.717) is 5.92 Å². The van der Waals surface area contributed by atoms with Crippen molar-refractivity contribution in [1.82, 2.24) is 10.2 Å². The van der Waals surface area contributed by atoms with E-state index in [0.717, 1.165) is 5.92 Å². The van der Waals surface area contributed by atoms with Crippen LogP contribution in [-0.4, -0.2) is 10.2 Å². The highest BCUT2D eigenvalue weighted by Crippen LogP contribution is 2.38. The molecule has 0 aliphatic heterocycles. The van der Waals surface area contributed by atoms with E-state index >= 15 is 0 Å². The molecule has 0 amide bonds. The average molecular weight is 192 g/mol. The first-order chi connectivity index (χ1) is 6.70. The van der Waals surface area contributed by atoms with E-state index in [1.165, 1.54) is 42.6 Å². The lowest BCUT2D eigenvalue weighted by molar-refractivity contribution is 0.691. The van der Waals surface area contributed by atoms with Crippen molar-refractivity contribution < 1.29 is 0 Å². The minimum Gasteiger partial charge on any atom is -0.282 e. The van der Waals surface area contributed by atoms with Crippen LogP contribution in [0.25, 0.3) is 0 Å². The predicted octanol–water partition coefficient (Wildman–Crippen LogP) is 3.50. The zero-order chi connectivity index (χ0) is 10.1. The maximum Gasteiger partial charge on any atom is 0.0685 e. The molecule has 1 aromatic heterocycles. The van der Waals surface area contributed by atoms with Crippen LogP contribution in [0.4, 0.5) is 0 Å². The molecule has 2 heteroatoms. The van der Waals surface area contributed by atoms with Crippen LogP contribution >= 0.6 is 0 Å². The summed E-state index contributed by atoms with van der Waals surface area (Å²) in [6.07, 6.45) is 5.51. The second-order valence-corrected chi connectivity index (χ2v) is 4.78. The summed E-state index contributed by atoms with van der Waals surface area (Å²) in [6, 6.07) is 0. The number of aromatic amines is 1. The molecule has 1 aliphatic rings. The van der Waals surface area contributed by atoms with Gasteiger partial charge < -0.3 is 0 Å². The van der Waals surface area contributed by atoms with Gasteiger partial charge in [-0.25, -0.2) is 0 Å². The van der Waals surface area contributed by atoms with Crippen LogP contribution in [0.15, 0.2) is 0 Å². The number of H-pyrrole nitrogens is 1. The second kappa shape index (κ2) is 3.76. The molecule has 14 heavy (non-hydrogen) atoms. The van der Waals surface area contributed by atoms with E-state index < -0.39 is 0 Å². The van der Waals surface area contributed by atoms with Crippen molar-refractivity contribution in [1.29, 1.82) is 0 Å². The Labute approximate surface area is 86.1 Å². The minimum atomic E-state index is 0.551. The first-order valence-electron chi connectivity index (χ1n) is 5.75. The Morgan fingerprint density at radius 3 is 2.50 bits per heavy atom. The van der Waals surface area contributed by atoms with Crippen LogP contribution in [0.3, 0.4) is 0 Å². The summed E-state index contributed by atoms with van der Waals surface area (Å²) < 4.78 is 0. The van der Waals surface area contributed by atoms with Gasteiger partial charge in [0, 0.05) is 5.69 Å². The Hall–Kier alpha value is -0.790. The molecule has 2 nitrogen and oxygen atoms in total. The van der Waals surface area contributed by atoms with Crippen LogP contribution in [0, 0.1) is 6.92 Å². The third-order valence-electron chi connectivity index (χ3n) is 3.33. The monoisotopic (exact) mass is 192 g/mol. The van der Waals surface area contributed by atoms with Gasteiger partial charge in [0.15, 0.2) is 0 Å². The lowest BCUT2D eigenvalue weighted by atomic mass is 9.92. The Bertz CT molecular complexity index is 306. The van der Waals surface area contributed by atoms with E-state index in [-0.39, 0.29) is 0 Å². The summed E-state index contributed by atoms with van der Waals surface area (Å²) in [5, 5.41) is 7.58. The molecular weight excluding hydrogens is 172 g/mol. The number of aromatic nitrogens is 2. The molecule has 0 unspecified atom stereocenters. The SMILES string of the molecule is Cc1[nH]nc(C(C)C)c1C1CCCC1. The quantitative estimate of drug-likeness (QED) is 0.763. The fourth-order valence-electron chi connectivity index (χ4n) is 2.63. The zero-order valence-corrected chi connectivity index (χ0v) is 9.43. The van der Waals surface area contributed by atoms with Crippen molar-refractivity contribution in [3.63, 3.8) is 0 Å². The predicted molar refractivity (Wildman–Crippen MR) is 58.6 cm³/mol. The minimum absolute atomic E-state index is 0.551. The lowest BCUT2D eigenvalue weighted by Gasteiger charge is -2.12. The largest absolute Gasteiger partial charge is 0.282 e. The highest BCUT2D eigenvalue weighted by atomic mass is 15.1. The van der Waals surface area contributed by atoms with Crippen molar-refractivity contribution >= 4 is 0 Å². The fourth-order valence-corrected chi connectivity index (χ4v) is 2.63. The van der Waals surface area contributed by atoms with Crippen molar-refractivity contribution in [2.75, 3.05) is 0 Å². The summed E-state index contributed by atoms with van der Waals surface area (Å²) in [5.74, 6) is 1.33. The van der Waals surface area contributed by atoms with E-state index in [1.807, 2.05) is 0 Å². The summed E-state index contributed by atoms with van der Waals surface area (Å²) in [6.45, 7) is 6.62. The average Bonchev–Trinajstić information content (AvgIpc) is 2.71. The van der Waals surface area contributed by atoms with Crippen LogP contribution in [0.2, 0.25) is 0 Å². The number of nitrogens with zero attached hydrogens (tertiary/aromatic N) is 1. The fraction of sp³-hybridized carbons (Fsp3) is 0.750. The Morgan fingerprint density at radius 2 is 1.93 bits per heavy atom. The third-order valence-corrected chi connectivity index (χ3v) is 3.33. The molecule has 1 N–H and O–H groups in total. The van der Waals surface area contributed by atoms with Gasteiger partial charge in [-0.2, -0.15) is 5.10 Å². The smallest absolute Gasteiger partial charge is 0.0685 e. The summed E-state index contributed by atoms with van der Waals surface area (Å²) in [4.78, 5) is 0. The van der Waals surface area contributed by atoms with Crippen LogP contribution in [-0.2, 0) is 0 Å². The first-order valence-corrected chi connectivity index (χ1v) is 5.75. The number of aryl methyl sites for hydroxylation is 1. The highest BCUT2D eigenvalue weighted by molar-refractivity contribution is 5.31. The van der Waals surface area contributed by atoms with Gasteiger partial charge in [-0.3, -0.25) is 5.10 Å². The zero-order valence-electron chi connectivity index (χ0n) is 9.43. The lowest BCUT2D eigenvalue weighted by Crippen LogP contribution is -2.00. The molecular formula is C12H20N2. The van der Waals surface area contributed by atoms with Gasteiger partial charge in [-0.1, -0.05) is 26.7 Å². The molecule has 0 atom stereocenters. The van der Waals surface area contributed by atoms with E-state index in [2.05, 4.69) is 31.0 Å². The van der Waals surface area contributed by atoms with Crippen LogP contribution in [0.1, 0.15) is 68.3 Å². The van der Waals surface area contributed by atoms with Crippen molar-refractivity contribution in [2.45, 2.75) is 58.3 Å². The molecule has 1 aromatic rings. The van der Waals surface area contributed by atoms with Crippen LogP contribution in [0.5, 0.6) is 0 Å². The molecule has 1 saturated carbocycles. The maximum atomic E-state index is 4.43. The van der Waals surface area contributed by atoms with Gasteiger partial charge in [-0.05, 0) is 37.2 Å². The van der Waals surface area contributed by atoms with E-state index in [4.69, 9.17) is 0 Å². The molecule has 2 rings (SSSR count). The Balaban J connectivity index is 2.33. The standard InChI is InChI=1S/C12H20N2/c1-8(2)12-11(9(3)13-14-12)10-6-4-5-7-10/h8,10H,4-7H2,1-3H3,(H,13,14). The molecule has 0 spiro atoms. The second-order valence-electron chi connectivity index (χ2n) is 4.78. The Kier molecular flexibility index (Phi) is 2.62.